The molecule has 0 radical (unpaired) electrons. The minimum Gasteiger partial charge on any atom is -0.0893 e. The molecule has 0 saturated heterocycles. The van der Waals surface area contributed by atoms with Crippen LogP contribution in [-0.4, -0.2) is 17.6 Å². The summed E-state index contributed by atoms with van der Waals surface area (Å²) in [6.45, 7) is 0. The van der Waals surface area contributed by atoms with E-state index in [2.05, 4.69) is 57.6 Å². The fourth-order valence-corrected chi connectivity index (χ4v) is 3.45. The van der Waals surface area contributed by atoms with Gasteiger partial charge in [-0.05, 0) is 16.7 Å². The number of rotatable bonds is 0. The van der Waals surface area contributed by atoms with Gasteiger partial charge in [-0.3, -0.25) is 0 Å². The van der Waals surface area contributed by atoms with E-state index < -0.39 is 0 Å². The highest BCUT2D eigenvalue weighted by Crippen LogP contribution is 2.49. The van der Waals surface area contributed by atoms with E-state index in [1.807, 2.05) is 18.8 Å². The van der Waals surface area contributed by atoms with E-state index >= 15 is 0 Å². The van der Waals surface area contributed by atoms with E-state index in [1.165, 1.54) is 26.9 Å². The second-order valence-corrected chi connectivity index (χ2v) is 5.27. The van der Waals surface area contributed by atoms with Crippen molar-refractivity contribution in [1.82, 2.24) is 4.58 Å². The van der Waals surface area contributed by atoms with Crippen LogP contribution in [0.15, 0.2) is 52.3 Å². The molecule has 80 valence electrons. The van der Waals surface area contributed by atoms with E-state index in [-0.39, 0.29) is 0 Å². The van der Waals surface area contributed by atoms with Gasteiger partial charge in [0.1, 0.15) is 0 Å². The van der Waals surface area contributed by atoms with Gasteiger partial charge in [0.2, 0.25) is 5.69 Å². The van der Waals surface area contributed by atoms with Crippen LogP contribution in [-0.2, 0) is 0 Å². The summed E-state index contributed by atoms with van der Waals surface area (Å²) in [7, 11) is 2.04. The first kappa shape index (κ1) is 9.23. The van der Waals surface area contributed by atoms with Crippen LogP contribution in [0.4, 0.5) is 17.1 Å². The lowest BCUT2D eigenvalue weighted by Crippen LogP contribution is -2.05. The van der Waals surface area contributed by atoms with Crippen LogP contribution in [0.25, 0.3) is 0 Å². The molecule has 2 heterocycles. The SMILES string of the molecule is C[N+]1=C=[N+]2c3ccccc3Sc3cccc1c32. The molecule has 0 aliphatic carbocycles. The minimum atomic E-state index is 1.22. The Morgan fingerprint density at radius 3 is 2.65 bits per heavy atom. The van der Waals surface area contributed by atoms with Crippen LogP contribution < -0.4 is 4.58 Å². The Hall–Kier alpha value is -1.83. The lowest BCUT2D eigenvalue weighted by Gasteiger charge is -2.10. The van der Waals surface area contributed by atoms with Crippen molar-refractivity contribution in [3.05, 3.63) is 42.5 Å². The molecule has 17 heavy (non-hydrogen) atoms. The van der Waals surface area contributed by atoms with Crippen molar-refractivity contribution in [2.24, 2.45) is 0 Å². The molecule has 0 unspecified atom stereocenters. The summed E-state index contributed by atoms with van der Waals surface area (Å²) in [6, 6.07) is 18.3. The van der Waals surface area contributed by atoms with Crippen LogP contribution in [0.5, 0.6) is 0 Å². The predicted octanol–water partition coefficient (Wildman–Crippen LogP) is 3.45. The molecule has 2 nitrogen and oxygen atoms in total. The highest BCUT2D eigenvalue weighted by atomic mass is 32.2. The van der Waals surface area contributed by atoms with Crippen LogP contribution in [0.3, 0.4) is 0 Å². The number of hydrogen-bond acceptors (Lipinski definition) is 1. The van der Waals surface area contributed by atoms with Gasteiger partial charge in [0.05, 0.1) is 9.79 Å². The second-order valence-electron chi connectivity index (χ2n) is 4.19. The van der Waals surface area contributed by atoms with Gasteiger partial charge in [-0.1, -0.05) is 34.5 Å². The highest BCUT2D eigenvalue weighted by Gasteiger charge is 2.40. The Bertz CT molecular complexity index is 725. The molecular formula is C14H10N2S+2. The number of fused-ring (bicyclic) bond motifs is 2. The maximum atomic E-state index is 3.37. The first-order chi connectivity index (χ1) is 8.34. The molecule has 4 rings (SSSR count). The number of nitrogens with zero attached hydrogens (tertiary/aromatic N) is 2. The topological polar surface area (TPSA) is 6.02 Å². The summed E-state index contributed by atoms with van der Waals surface area (Å²) in [6.07, 6.45) is 0. The zero-order valence-corrected chi connectivity index (χ0v) is 10.2. The van der Waals surface area contributed by atoms with Crippen molar-refractivity contribution in [1.29, 1.82) is 0 Å². The first-order valence-electron chi connectivity index (χ1n) is 5.54. The van der Waals surface area contributed by atoms with Gasteiger partial charge in [-0.25, -0.2) is 0 Å². The van der Waals surface area contributed by atoms with Crippen LogP contribution in [0.1, 0.15) is 0 Å². The number of benzene rings is 2. The molecule has 2 aliphatic heterocycles. The van der Waals surface area contributed by atoms with Crippen molar-refractivity contribution >= 4 is 34.8 Å². The van der Waals surface area contributed by atoms with Crippen molar-refractivity contribution < 1.29 is 4.58 Å². The number of para-hydroxylation sites is 2. The smallest absolute Gasteiger partial charge is 0.0893 e. The van der Waals surface area contributed by atoms with Crippen LogP contribution >= 0.6 is 11.8 Å². The molecule has 0 aromatic heterocycles. The van der Waals surface area contributed by atoms with Crippen LogP contribution in [0, 0.1) is 0 Å². The van der Waals surface area contributed by atoms with Crippen molar-refractivity contribution in [2.75, 3.05) is 7.05 Å². The Labute approximate surface area is 104 Å². The van der Waals surface area contributed by atoms with Crippen molar-refractivity contribution in [2.45, 2.75) is 9.79 Å². The summed E-state index contributed by atoms with van der Waals surface area (Å²) in [5, 5.41) is 0. The van der Waals surface area contributed by atoms with E-state index in [0.29, 0.717) is 0 Å². The van der Waals surface area contributed by atoms with Gasteiger partial charge in [-0.2, -0.15) is 0 Å². The molecule has 0 N–H and O–H groups in total. The molecule has 2 aliphatic rings. The van der Waals surface area contributed by atoms with Crippen molar-refractivity contribution in [3.8, 4) is 0 Å². The maximum absolute atomic E-state index is 3.37. The fraction of sp³-hybridized carbons (Fsp3) is 0.0714. The van der Waals surface area contributed by atoms with E-state index in [1.54, 1.807) is 0 Å². The molecular weight excluding hydrogens is 228 g/mol. The molecule has 0 spiro atoms. The van der Waals surface area contributed by atoms with Crippen LogP contribution in [0.2, 0.25) is 0 Å². The molecule has 0 saturated carbocycles. The average molecular weight is 238 g/mol. The normalized spacial score (nSPS) is 14.9. The maximum Gasteiger partial charge on any atom is 0.496 e. The van der Waals surface area contributed by atoms with E-state index in [9.17, 15) is 0 Å². The molecule has 0 amide bonds. The molecule has 3 heteroatoms. The lowest BCUT2D eigenvalue weighted by atomic mass is 10.2. The van der Waals surface area contributed by atoms with Crippen molar-refractivity contribution in [3.63, 3.8) is 0 Å². The second kappa shape index (κ2) is 3.10. The summed E-state index contributed by atoms with van der Waals surface area (Å²) in [5.41, 5.74) is 3.71. The van der Waals surface area contributed by atoms with E-state index in [4.69, 9.17) is 0 Å². The Morgan fingerprint density at radius 2 is 1.71 bits per heavy atom. The van der Waals surface area contributed by atoms with Gasteiger partial charge >= 0.3 is 11.7 Å². The standard InChI is InChI=1S/C14H10N2S/c1-15-9-16-10-5-2-3-7-12(10)17-13-8-4-6-11(15)14(13)16/h2-8H,1H3/q+2. The Kier molecular flexibility index (Phi) is 1.68. The van der Waals surface area contributed by atoms with Gasteiger partial charge in [0.15, 0.2) is 7.05 Å². The summed E-state index contributed by atoms with van der Waals surface area (Å²) >= 11 is 1.83. The van der Waals surface area contributed by atoms with E-state index in [0.717, 1.165) is 0 Å². The van der Waals surface area contributed by atoms with Gasteiger partial charge in [0.25, 0.3) is 5.69 Å². The summed E-state index contributed by atoms with van der Waals surface area (Å²) < 4.78 is 4.22. The van der Waals surface area contributed by atoms with Gasteiger partial charge in [0, 0.05) is 12.1 Å². The lowest BCUT2D eigenvalue weighted by molar-refractivity contribution is -0.394. The zero-order valence-electron chi connectivity index (χ0n) is 9.34. The largest absolute Gasteiger partial charge is 0.496 e. The summed E-state index contributed by atoms with van der Waals surface area (Å²) in [5.74, 6) is 0. The first-order valence-corrected chi connectivity index (χ1v) is 6.36. The molecule has 0 atom stereocenters. The fourth-order valence-electron chi connectivity index (χ4n) is 2.36. The molecule has 0 fully saturated rings. The highest BCUT2D eigenvalue weighted by molar-refractivity contribution is 7.99. The number of hydrogen-bond donors (Lipinski definition) is 0. The Morgan fingerprint density at radius 1 is 0.941 bits per heavy atom. The summed E-state index contributed by atoms with van der Waals surface area (Å²) in [4.78, 5) is 2.60. The minimum absolute atomic E-state index is 1.22. The molecule has 2 aromatic carbocycles. The third-order valence-electron chi connectivity index (χ3n) is 3.14. The molecule has 0 bridgehead atoms. The average Bonchev–Trinajstić information content (AvgIpc) is 2.70. The zero-order chi connectivity index (χ0) is 11.4. The monoisotopic (exact) mass is 238 g/mol. The quantitative estimate of drug-likeness (QED) is 0.544. The predicted molar refractivity (Wildman–Crippen MR) is 69.3 cm³/mol. The third-order valence-corrected chi connectivity index (χ3v) is 4.25. The van der Waals surface area contributed by atoms with Gasteiger partial charge in [-0.15, -0.1) is 0 Å². The Balaban J connectivity index is 2.13. The molecule has 2 aromatic rings. The van der Waals surface area contributed by atoms with Gasteiger partial charge < -0.3 is 0 Å². The third kappa shape index (κ3) is 1.13.